The number of hydrogen-bond donors (Lipinski definition) is 2. The maximum atomic E-state index is 13.1. The number of imidazole rings is 1. The summed E-state index contributed by atoms with van der Waals surface area (Å²) >= 11 is 0. The van der Waals surface area contributed by atoms with Gasteiger partial charge in [0.2, 0.25) is 11.9 Å². The van der Waals surface area contributed by atoms with E-state index in [0.717, 1.165) is 11.6 Å². The van der Waals surface area contributed by atoms with Gasteiger partial charge in [0.05, 0.1) is 16.7 Å². The minimum absolute atomic E-state index is 0.0860. The zero-order chi connectivity index (χ0) is 29.5. The number of aromatic amines is 1. The number of hydrogen-bond acceptors (Lipinski definition) is 6. The summed E-state index contributed by atoms with van der Waals surface area (Å²) in [4.78, 5) is 27.2. The smallest absolute Gasteiger partial charge is 0.340 e. The molecule has 0 radical (unpaired) electrons. The van der Waals surface area contributed by atoms with Gasteiger partial charge in [-0.3, -0.25) is 14.4 Å². The van der Waals surface area contributed by atoms with E-state index >= 15 is 0 Å². The van der Waals surface area contributed by atoms with E-state index in [1.807, 2.05) is 19.1 Å². The molecule has 0 bridgehead atoms. The number of piperazine rings is 1. The summed E-state index contributed by atoms with van der Waals surface area (Å²) in [6.45, 7) is 3.27. The first-order valence-corrected chi connectivity index (χ1v) is 12.7. The Kier molecular flexibility index (Phi) is 7.40. The van der Waals surface area contributed by atoms with Gasteiger partial charge < -0.3 is 15.2 Å². The van der Waals surface area contributed by atoms with Gasteiger partial charge in [-0.05, 0) is 42.8 Å². The lowest BCUT2D eigenvalue weighted by Crippen LogP contribution is -2.50. The van der Waals surface area contributed by atoms with Gasteiger partial charge in [-0.15, -0.1) is 0 Å². The van der Waals surface area contributed by atoms with E-state index in [9.17, 15) is 31.1 Å². The third kappa shape index (κ3) is 6.45. The topological polar surface area (TPSA) is 95.0 Å². The number of rotatable bonds is 6. The van der Waals surface area contributed by atoms with Crippen molar-refractivity contribution in [2.45, 2.75) is 31.7 Å². The lowest BCUT2D eigenvalue weighted by atomic mass is 10.1. The van der Waals surface area contributed by atoms with E-state index in [1.54, 1.807) is 24.4 Å². The molecule has 1 unspecified atom stereocenters. The highest BCUT2D eigenvalue weighted by Crippen LogP contribution is 2.33. The molecule has 15 heteroatoms. The molecule has 1 aliphatic heterocycles. The third-order valence-electron chi connectivity index (χ3n) is 7.03. The van der Waals surface area contributed by atoms with Crippen LogP contribution in [-0.4, -0.2) is 72.8 Å². The van der Waals surface area contributed by atoms with E-state index in [-0.39, 0.29) is 19.1 Å². The van der Waals surface area contributed by atoms with E-state index < -0.39 is 30.4 Å². The number of carbonyl (C=O) groups is 1. The number of carbonyl (C=O) groups excluding carboxylic acids is 1. The van der Waals surface area contributed by atoms with Crippen molar-refractivity contribution >= 4 is 28.7 Å². The van der Waals surface area contributed by atoms with Crippen LogP contribution in [0.4, 0.5) is 38.1 Å². The molecular weight excluding hydrogens is 554 g/mol. The highest BCUT2D eigenvalue weighted by molar-refractivity contribution is 5.83. The van der Waals surface area contributed by atoms with Gasteiger partial charge in [0, 0.05) is 51.0 Å². The number of nitrogens with zero attached hydrogens (tertiary/aromatic N) is 6. The first-order valence-electron chi connectivity index (χ1n) is 12.7. The molecule has 1 fully saturated rings. The van der Waals surface area contributed by atoms with Gasteiger partial charge in [0.15, 0.2) is 5.69 Å². The molecule has 41 heavy (non-hydrogen) atoms. The normalized spacial score (nSPS) is 15.9. The van der Waals surface area contributed by atoms with Crippen molar-refractivity contribution in [3.05, 3.63) is 53.9 Å². The Morgan fingerprint density at radius 2 is 1.78 bits per heavy atom. The van der Waals surface area contributed by atoms with Gasteiger partial charge in [0.1, 0.15) is 12.2 Å². The molecule has 5 rings (SSSR count). The fourth-order valence-corrected chi connectivity index (χ4v) is 4.85. The third-order valence-corrected chi connectivity index (χ3v) is 7.03. The molecule has 4 aromatic rings. The zero-order valence-corrected chi connectivity index (χ0v) is 22.0. The van der Waals surface area contributed by atoms with Crippen LogP contribution in [0.1, 0.15) is 30.6 Å². The van der Waals surface area contributed by atoms with Crippen molar-refractivity contribution in [3.8, 4) is 11.3 Å². The molecule has 0 spiro atoms. The van der Waals surface area contributed by atoms with E-state index in [0.29, 0.717) is 47.1 Å². The molecule has 1 aromatic carbocycles. The van der Waals surface area contributed by atoms with Crippen LogP contribution in [0.2, 0.25) is 0 Å². The van der Waals surface area contributed by atoms with Crippen LogP contribution in [0.25, 0.3) is 22.3 Å². The summed E-state index contributed by atoms with van der Waals surface area (Å²) in [5, 5.41) is 6.67. The van der Waals surface area contributed by atoms with E-state index in [4.69, 9.17) is 0 Å². The summed E-state index contributed by atoms with van der Waals surface area (Å²) in [6, 6.07) is 9.63. The molecule has 218 valence electrons. The second-order valence-electron chi connectivity index (χ2n) is 9.84. The molecule has 0 aliphatic carbocycles. The maximum Gasteiger partial charge on any atom is 0.435 e. The fourth-order valence-electron chi connectivity index (χ4n) is 4.85. The number of anilines is 2. The summed E-state index contributed by atoms with van der Waals surface area (Å²) in [5.41, 5.74) is 1.97. The second kappa shape index (κ2) is 10.7. The average Bonchev–Trinajstić information content (AvgIpc) is 3.49. The summed E-state index contributed by atoms with van der Waals surface area (Å²) in [6.07, 6.45) is -8.90. The van der Waals surface area contributed by atoms with Crippen LogP contribution >= 0.6 is 0 Å². The van der Waals surface area contributed by atoms with Crippen molar-refractivity contribution in [2.24, 2.45) is 7.05 Å². The Labute approximate surface area is 230 Å². The Morgan fingerprint density at radius 1 is 1.05 bits per heavy atom. The Bertz CT molecular complexity index is 1550. The van der Waals surface area contributed by atoms with Crippen molar-refractivity contribution in [1.29, 1.82) is 0 Å². The molecule has 1 atom stereocenters. The first-order chi connectivity index (χ1) is 19.3. The van der Waals surface area contributed by atoms with Crippen LogP contribution in [0, 0.1) is 0 Å². The van der Waals surface area contributed by atoms with Gasteiger partial charge in [-0.2, -0.15) is 31.4 Å². The molecule has 1 saturated heterocycles. The Morgan fingerprint density at radius 3 is 2.44 bits per heavy atom. The number of H-pyrrole nitrogens is 1. The number of benzene rings is 1. The number of halogens is 6. The molecule has 1 aliphatic rings. The highest BCUT2D eigenvalue weighted by atomic mass is 19.4. The molecular formula is C26H26F6N8O. The second-order valence-corrected chi connectivity index (χ2v) is 9.84. The van der Waals surface area contributed by atoms with Crippen molar-refractivity contribution < 1.29 is 31.1 Å². The predicted molar refractivity (Wildman–Crippen MR) is 138 cm³/mol. The SMILES string of the molecule is CC(c1ccnc(Nc2nc3ccc(-c4cc(C(F)(F)F)nn4C)cc3[nH]2)c1)N1CCN(C(=O)CC(F)(F)F)CC1. The van der Waals surface area contributed by atoms with Crippen molar-refractivity contribution in [3.63, 3.8) is 0 Å². The fraction of sp³-hybridized carbons (Fsp3) is 0.385. The maximum absolute atomic E-state index is 13.1. The number of nitrogens with one attached hydrogen (secondary N) is 2. The van der Waals surface area contributed by atoms with Crippen molar-refractivity contribution in [2.75, 3.05) is 31.5 Å². The van der Waals surface area contributed by atoms with E-state index in [2.05, 4.69) is 30.3 Å². The average molecular weight is 581 g/mol. The molecule has 4 heterocycles. The lowest BCUT2D eigenvalue weighted by Gasteiger charge is -2.38. The Hall–Kier alpha value is -4.14. The van der Waals surface area contributed by atoms with Gasteiger partial charge in [-0.25, -0.2) is 9.97 Å². The van der Waals surface area contributed by atoms with E-state index in [1.165, 1.54) is 16.6 Å². The highest BCUT2D eigenvalue weighted by Gasteiger charge is 2.36. The van der Waals surface area contributed by atoms with Crippen molar-refractivity contribution in [1.82, 2.24) is 34.5 Å². The monoisotopic (exact) mass is 580 g/mol. The molecule has 2 N–H and O–H groups in total. The van der Waals surface area contributed by atoms with Gasteiger partial charge in [-0.1, -0.05) is 6.07 Å². The number of pyridine rings is 1. The number of aryl methyl sites for hydroxylation is 1. The van der Waals surface area contributed by atoms with Crippen LogP contribution < -0.4 is 5.32 Å². The molecule has 1 amide bonds. The summed E-state index contributed by atoms with van der Waals surface area (Å²) in [5.74, 6) is -0.0363. The zero-order valence-electron chi connectivity index (χ0n) is 22.0. The first kappa shape index (κ1) is 28.4. The number of amides is 1. The largest absolute Gasteiger partial charge is 0.435 e. The van der Waals surface area contributed by atoms with Crippen LogP contribution in [0.3, 0.4) is 0 Å². The lowest BCUT2D eigenvalue weighted by molar-refractivity contribution is -0.162. The van der Waals surface area contributed by atoms with Gasteiger partial charge >= 0.3 is 12.4 Å². The molecule has 0 saturated carbocycles. The molecule has 3 aromatic heterocycles. The molecule has 9 nitrogen and oxygen atoms in total. The Balaban J connectivity index is 1.26. The minimum Gasteiger partial charge on any atom is -0.340 e. The van der Waals surface area contributed by atoms with Crippen LogP contribution in [-0.2, 0) is 18.0 Å². The predicted octanol–water partition coefficient (Wildman–Crippen LogP) is 5.28. The quantitative estimate of drug-likeness (QED) is 0.302. The number of fused-ring (bicyclic) bond motifs is 1. The van der Waals surface area contributed by atoms with Gasteiger partial charge in [0.25, 0.3) is 0 Å². The number of aromatic nitrogens is 5. The standard InChI is InChI=1S/C26H26F6N8O/c1-15(39-7-9-40(10-8-39)23(41)14-25(27,28)29)16-5-6-33-22(12-16)36-24-34-18-4-3-17(11-19(18)35-24)20-13-21(26(30,31)32)37-38(20)2/h3-6,11-13,15H,7-10,14H2,1-2H3,(H2,33,34,35,36). The van der Waals surface area contributed by atoms with Crippen LogP contribution in [0.15, 0.2) is 42.6 Å². The minimum atomic E-state index is -4.55. The summed E-state index contributed by atoms with van der Waals surface area (Å²) < 4.78 is 78.1. The summed E-state index contributed by atoms with van der Waals surface area (Å²) in [7, 11) is 1.45. The van der Waals surface area contributed by atoms with Crippen LogP contribution in [0.5, 0.6) is 0 Å². The number of alkyl halides is 6.